The Labute approximate surface area is 183 Å². The second-order valence-corrected chi connectivity index (χ2v) is 7.79. The molecule has 0 saturated carbocycles. The molecule has 0 spiro atoms. The quantitative estimate of drug-likeness (QED) is 0.387. The number of rotatable bonds is 6. The Balaban J connectivity index is 1.38. The van der Waals surface area contributed by atoms with Crippen LogP contribution in [0.2, 0.25) is 5.02 Å². The number of carbonyl (C=O) groups excluding carboxylic acids is 1. The van der Waals surface area contributed by atoms with Gasteiger partial charge in [-0.25, -0.2) is 4.39 Å². The molecule has 1 fully saturated rings. The maximum absolute atomic E-state index is 14.0. The van der Waals surface area contributed by atoms with Gasteiger partial charge in [-0.05, 0) is 35.9 Å². The van der Waals surface area contributed by atoms with Crippen LogP contribution in [-0.4, -0.2) is 18.7 Å². The van der Waals surface area contributed by atoms with Crippen LogP contribution in [0.25, 0.3) is 0 Å². The highest BCUT2D eigenvalue weighted by Crippen LogP contribution is 2.48. The van der Waals surface area contributed by atoms with Gasteiger partial charge >= 0.3 is 0 Å². The molecule has 0 N–H and O–H groups in total. The van der Waals surface area contributed by atoms with Crippen molar-refractivity contribution in [3.05, 3.63) is 93.8 Å². The molecule has 0 bridgehead atoms. The van der Waals surface area contributed by atoms with E-state index in [1.54, 1.807) is 12.1 Å². The summed E-state index contributed by atoms with van der Waals surface area (Å²) in [6.07, 6.45) is -1.29. The van der Waals surface area contributed by atoms with E-state index in [0.717, 1.165) is 11.1 Å². The molecule has 2 aliphatic heterocycles. The van der Waals surface area contributed by atoms with Gasteiger partial charge in [0.05, 0.1) is 12.2 Å². The highest BCUT2D eigenvalue weighted by atomic mass is 35.5. The van der Waals surface area contributed by atoms with Gasteiger partial charge < -0.3 is 18.9 Å². The molecule has 2 heterocycles. The summed E-state index contributed by atoms with van der Waals surface area (Å²) in [5.74, 6) is 0.0552. The van der Waals surface area contributed by atoms with Crippen LogP contribution in [0.1, 0.15) is 33.2 Å². The lowest BCUT2D eigenvalue weighted by atomic mass is 9.99. The minimum Gasteiger partial charge on any atom is -0.488 e. The third-order valence-electron chi connectivity index (χ3n) is 5.20. The first-order valence-electron chi connectivity index (χ1n) is 9.79. The number of ether oxygens (including phenoxy) is 4. The summed E-state index contributed by atoms with van der Waals surface area (Å²) in [4.78, 5) is 13.2. The molecule has 3 aromatic carbocycles. The van der Waals surface area contributed by atoms with Crippen molar-refractivity contribution in [3.8, 4) is 11.5 Å². The second-order valence-electron chi connectivity index (χ2n) is 7.35. The minimum absolute atomic E-state index is 0.119. The van der Waals surface area contributed by atoms with Crippen LogP contribution in [0.3, 0.4) is 0 Å². The van der Waals surface area contributed by atoms with Crippen LogP contribution in [0.5, 0.6) is 11.5 Å². The lowest BCUT2D eigenvalue weighted by Gasteiger charge is -2.20. The molecule has 1 saturated heterocycles. The number of halogens is 2. The molecule has 0 amide bonds. The lowest BCUT2D eigenvalue weighted by molar-refractivity contribution is -0.0172. The molecule has 31 heavy (non-hydrogen) atoms. The Bertz CT molecular complexity index is 1130. The van der Waals surface area contributed by atoms with Gasteiger partial charge in [0.25, 0.3) is 0 Å². The van der Waals surface area contributed by atoms with E-state index in [9.17, 15) is 9.18 Å². The summed E-state index contributed by atoms with van der Waals surface area (Å²) in [6.45, 7) is 0.751. The number of benzene rings is 3. The van der Waals surface area contributed by atoms with Gasteiger partial charge in [-0.1, -0.05) is 41.9 Å². The average molecular weight is 441 g/mol. The zero-order valence-electron chi connectivity index (χ0n) is 16.3. The third-order valence-corrected chi connectivity index (χ3v) is 5.42. The van der Waals surface area contributed by atoms with E-state index in [1.165, 1.54) is 18.2 Å². The van der Waals surface area contributed by atoms with Crippen molar-refractivity contribution in [2.75, 3.05) is 6.79 Å². The lowest BCUT2D eigenvalue weighted by Crippen LogP contribution is -2.15. The Kier molecular flexibility index (Phi) is 5.36. The molecule has 0 aliphatic carbocycles. The number of Topliss-reactive ketones (excluding diaryl/α,β-unsaturated/α-hetero) is 1. The zero-order valence-corrected chi connectivity index (χ0v) is 17.1. The summed E-state index contributed by atoms with van der Waals surface area (Å²) in [5, 5.41) is 0.502. The monoisotopic (exact) mass is 440 g/mol. The number of carbonyl (C=O) groups is 1. The topological polar surface area (TPSA) is 57.3 Å². The Morgan fingerprint density at radius 2 is 1.97 bits per heavy atom. The molecule has 2 aliphatic rings. The summed E-state index contributed by atoms with van der Waals surface area (Å²) < 4.78 is 36.4. The SMILES string of the molecule is O=C(c1cc(F)ccc1OCc1ccccc1)[C@H]1O[C@H]1c1cc(Cl)cc2c1OCOC2. The maximum Gasteiger partial charge on any atom is 0.198 e. The smallest absolute Gasteiger partial charge is 0.198 e. The molecule has 0 aromatic heterocycles. The molecule has 7 heteroatoms. The largest absolute Gasteiger partial charge is 0.488 e. The van der Waals surface area contributed by atoms with Gasteiger partial charge in [0.2, 0.25) is 0 Å². The van der Waals surface area contributed by atoms with E-state index in [0.29, 0.717) is 28.7 Å². The molecule has 0 radical (unpaired) electrons. The Morgan fingerprint density at radius 3 is 2.81 bits per heavy atom. The Morgan fingerprint density at radius 1 is 1.13 bits per heavy atom. The first kappa shape index (κ1) is 20.0. The van der Waals surface area contributed by atoms with Gasteiger partial charge in [0.1, 0.15) is 30.0 Å². The first-order chi connectivity index (χ1) is 15.1. The molecule has 0 unspecified atom stereocenters. The predicted molar refractivity (Wildman–Crippen MR) is 111 cm³/mol. The molecule has 2 atom stereocenters. The highest BCUT2D eigenvalue weighted by Gasteiger charge is 2.49. The van der Waals surface area contributed by atoms with Gasteiger partial charge in [0.15, 0.2) is 18.7 Å². The van der Waals surface area contributed by atoms with Gasteiger partial charge in [0, 0.05) is 16.1 Å². The maximum atomic E-state index is 14.0. The third kappa shape index (κ3) is 4.14. The molecule has 3 aromatic rings. The van der Waals surface area contributed by atoms with Crippen LogP contribution in [0.15, 0.2) is 60.7 Å². The fraction of sp³-hybridized carbons (Fsp3) is 0.208. The molecular weight excluding hydrogens is 423 g/mol. The van der Waals surface area contributed by atoms with E-state index < -0.39 is 18.0 Å². The van der Waals surface area contributed by atoms with E-state index in [-0.39, 0.29) is 24.7 Å². The Hall–Kier alpha value is -2.93. The fourth-order valence-electron chi connectivity index (χ4n) is 3.68. The number of epoxide rings is 1. The van der Waals surface area contributed by atoms with Gasteiger partial charge in [-0.3, -0.25) is 4.79 Å². The number of fused-ring (bicyclic) bond motifs is 1. The van der Waals surface area contributed by atoms with Crippen molar-refractivity contribution in [2.24, 2.45) is 0 Å². The van der Waals surface area contributed by atoms with Crippen molar-refractivity contribution < 1.29 is 28.1 Å². The van der Waals surface area contributed by atoms with Crippen molar-refractivity contribution in [3.63, 3.8) is 0 Å². The van der Waals surface area contributed by atoms with Gasteiger partial charge in [-0.2, -0.15) is 0 Å². The molecular formula is C24H18ClFO5. The molecule has 158 valence electrons. The molecule has 5 nitrogen and oxygen atoms in total. The summed E-state index contributed by atoms with van der Waals surface area (Å²) in [6, 6.07) is 16.9. The zero-order chi connectivity index (χ0) is 21.4. The first-order valence-corrected chi connectivity index (χ1v) is 10.2. The summed E-state index contributed by atoms with van der Waals surface area (Å²) in [5.41, 5.74) is 2.57. The van der Waals surface area contributed by atoms with E-state index in [1.807, 2.05) is 30.3 Å². The average Bonchev–Trinajstić information content (AvgIpc) is 3.58. The number of hydrogen-bond acceptors (Lipinski definition) is 5. The van der Waals surface area contributed by atoms with Gasteiger partial charge in [-0.15, -0.1) is 0 Å². The van der Waals surface area contributed by atoms with Crippen molar-refractivity contribution in [1.82, 2.24) is 0 Å². The van der Waals surface area contributed by atoms with Crippen molar-refractivity contribution in [2.45, 2.75) is 25.4 Å². The van der Waals surface area contributed by atoms with Crippen LogP contribution >= 0.6 is 11.6 Å². The predicted octanol–water partition coefficient (Wildman–Crippen LogP) is 5.25. The number of ketones is 1. The van der Waals surface area contributed by atoms with Crippen molar-refractivity contribution >= 4 is 17.4 Å². The molecule has 5 rings (SSSR count). The normalized spacial score (nSPS) is 19.3. The van der Waals surface area contributed by atoms with E-state index in [4.69, 9.17) is 30.5 Å². The fourth-order valence-corrected chi connectivity index (χ4v) is 3.93. The summed E-state index contributed by atoms with van der Waals surface area (Å²) in [7, 11) is 0. The standard InChI is InChI=1S/C24H18ClFO5/c25-16-8-15-12-28-13-30-22(15)19(9-16)23-24(31-23)21(27)18-10-17(26)6-7-20(18)29-11-14-4-2-1-3-5-14/h1-10,23-24H,11-13H2/t23-,24+/m0/s1. The summed E-state index contributed by atoms with van der Waals surface area (Å²) >= 11 is 6.22. The van der Waals surface area contributed by atoms with Crippen LogP contribution in [0.4, 0.5) is 4.39 Å². The second kappa shape index (κ2) is 8.30. The highest BCUT2D eigenvalue weighted by molar-refractivity contribution is 6.30. The van der Waals surface area contributed by atoms with Crippen molar-refractivity contribution in [1.29, 1.82) is 0 Å². The van der Waals surface area contributed by atoms with Crippen LogP contribution in [0, 0.1) is 5.82 Å². The van der Waals surface area contributed by atoms with Crippen LogP contribution < -0.4 is 9.47 Å². The van der Waals surface area contributed by atoms with Crippen LogP contribution in [-0.2, 0) is 22.7 Å². The minimum atomic E-state index is -0.769. The van der Waals surface area contributed by atoms with E-state index in [2.05, 4.69) is 0 Å². The van der Waals surface area contributed by atoms with E-state index >= 15 is 0 Å². The number of hydrogen-bond donors (Lipinski definition) is 0.